The van der Waals surface area contributed by atoms with E-state index in [1.165, 1.54) is 0 Å². The van der Waals surface area contributed by atoms with Crippen LogP contribution in [0.3, 0.4) is 0 Å². The summed E-state index contributed by atoms with van der Waals surface area (Å²) in [6.45, 7) is 0.645. The Morgan fingerprint density at radius 1 is 1.67 bits per heavy atom. The molecule has 0 aliphatic carbocycles. The molecule has 2 aromatic heterocycles. The van der Waals surface area contributed by atoms with E-state index in [9.17, 15) is 4.79 Å². The number of fused-ring (bicyclic) bond motifs is 1. The molecule has 3 heterocycles. The van der Waals surface area contributed by atoms with E-state index in [0.29, 0.717) is 6.54 Å². The summed E-state index contributed by atoms with van der Waals surface area (Å²) in [6, 6.07) is -0.0273. The first-order chi connectivity index (χ1) is 8.83. The highest BCUT2D eigenvalue weighted by atomic mass is 32.2. The Morgan fingerprint density at radius 2 is 2.61 bits per heavy atom. The van der Waals surface area contributed by atoms with Crippen molar-refractivity contribution in [1.82, 2.24) is 20.0 Å². The monoisotopic (exact) mass is 282 g/mol. The van der Waals surface area contributed by atoms with Crippen molar-refractivity contribution in [2.24, 2.45) is 0 Å². The molecule has 0 saturated carbocycles. The zero-order valence-electron chi connectivity index (χ0n) is 9.76. The summed E-state index contributed by atoms with van der Waals surface area (Å²) < 4.78 is 2.01. The molecule has 1 atom stereocenters. The van der Waals surface area contributed by atoms with Gasteiger partial charge in [0.25, 0.3) is 0 Å². The van der Waals surface area contributed by atoms with E-state index < -0.39 is 0 Å². The van der Waals surface area contributed by atoms with Crippen LogP contribution in [-0.4, -0.2) is 39.5 Å². The van der Waals surface area contributed by atoms with Gasteiger partial charge in [0.05, 0.1) is 11.7 Å². The van der Waals surface area contributed by atoms with Gasteiger partial charge >= 0.3 is 0 Å². The van der Waals surface area contributed by atoms with Crippen LogP contribution >= 0.6 is 23.1 Å². The van der Waals surface area contributed by atoms with Crippen molar-refractivity contribution in [3.05, 3.63) is 23.5 Å². The van der Waals surface area contributed by atoms with Gasteiger partial charge in [0.15, 0.2) is 4.96 Å². The van der Waals surface area contributed by atoms with Crippen molar-refractivity contribution in [1.29, 1.82) is 0 Å². The van der Waals surface area contributed by atoms with Gasteiger partial charge in [-0.05, 0) is 0 Å². The third-order valence-corrected chi connectivity index (χ3v) is 4.57. The number of rotatable bonds is 4. The molecule has 1 unspecified atom stereocenters. The molecule has 0 spiro atoms. The lowest BCUT2D eigenvalue weighted by molar-refractivity contribution is -0.122. The Balaban J connectivity index is 1.49. The topological polar surface area (TPSA) is 58.4 Å². The summed E-state index contributed by atoms with van der Waals surface area (Å²) >= 11 is 3.38. The van der Waals surface area contributed by atoms with Gasteiger partial charge in [0, 0.05) is 42.4 Å². The predicted molar refractivity (Wildman–Crippen MR) is 74.0 cm³/mol. The van der Waals surface area contributed by atoms with Crippen LogP contribution in [0.15, 0.2) is 17.8 Å². The van der Waals surface area contributed by atoms with Crippen LogP contribution < -0.4 is 10.6 Å². The molecular formula is C11H14N4OS2. The van der Waals surface area contributed by atoms with E-state index in [1.807, 2.05) is 22.2 Å². The summed E-state index contributed by atoms with van der Waals surface area (Å²) in [5.74, 6) is 1.84. The first-order valence-corrected chi connectivity index (χ1v) is 7.86. The van der Waals surface area contributed by atoms with E-state index in [0.717, 1.165) is 28.7 Å². The minimum Gasteiger partial charge on any atom is -0.354 e. The molecule has 3 rings (SSSR count). The second kappa shape index (κ2) is 5.29. The molecule has 0 aromatic carbocycles. The lowest BCUT2D eigenvalue weighted by Gasteiger charge is -2.09. The van der Waals surface area contributed by atoms with Gasteiger partial charge in [-0.3, -0.25) is 14.5 Å². The molecule has 5 nitrogen and oxygen atoms in total. The highest BCUT2D eigenvalue weighted by molar-refractivity contribution is 7.99. The van der Waals surface area contributed by atoms with E-state index in [1.54, 1.807) is 23.1 Å². The number of carbonyl (C=O) groups is 1. The second-order valence-electron chi connectivity index (χ2n) is 4.14. The molecule has 18 heavy (non-hydrogen) atoms. The van der Waals surface area contributed by atoms with Gasteiger partial charge < -0.3 is 5.32 Å². The van der Waals surface area contributed by atoms with Crippen LogP contribution in [-0.2, 0) is 11.2 Å². The van der Waals surface area contributed by atoms with Crippen LogP contribution in [0.5, 0.6) is 0 Å². The third-order valence-electron chi connectivity index (χ3n) is 2.86. The summed E-state index contributed by atoms with van der Waals surface area (Å²) in [6.07, 6.45) is 4.79. The highest BCUT2D eigenvalue weighted by Crippen LogP contribution is 2.12. The molecule has 1 amide bonds. The standard InChI is InChI=1S/C11H14N4OS2/c16-10(9-6-17-7-13-9)12-2-1-8-5-15-3-4-18-11(15)14-8/h3-5,9,13H,1-2,6-7H2,(H,12,16). The lowest BCUT2D eigenvalue weighted by Crippen LogP contribution is -2.42. The normalized spacial score (nSPS) is 19.4. The summed E-state index contributed by atoms with van der Waals surface area (Å²) in [4.78, 5) is 17.2. The quantitative estimate of drug-likeness (QED) is 0.867. The summed E-state index contributed by atoms with van der Waals surface area (Å²) in [5.41, 5.74) is 1.02. The minimum atomic E-state index is -0.0273. The number of amides is 1. The van der Waals surface area contributed by atoms with Gasteiger partial charge in [-0.15, -0.1) is 23.1 Å². The van der Waals surface area contributed by atoms with Crippen LogP contribution in [0, 0.1) is 0 Å². The fourth-order valence-electron chi connectivity index (χ4n) is 1.90. The maximum absolute atomic E-state index is 11.7. The van der Waals surface area contributed by atoms with Crippen molar-refractivity contribution in [2.45, 2.75) is 12.5 Å². The summed E-state index contributed by atoms with van der Waals surface area (Å²) in [5, 5.41) is 8.12. The Hall–Kier alpha value is -1.05. The number of hydrogen-bond donors (Lipinski definition) is 2. The van der Waals surface area contributed by atoms with Crippen molar-refractivity contribution in [2.75, 3.05) is 18.2 Å². The van der Waals surface area contributed by atoms with Crippen molar-refractivity contribution in [3.63, 3.8) is 0 Å². The average molecular weight is 282 g/mol. The lowest BCUT2D eigenvalue weighted by atomic mass is 10.3. The molecule has 0 bridgehead atoms. The third kappa shape index (κ3) is 2.52. The highest BCUT2D eigenvalue weighted by Gasteiger charge is 2.21. The SMILES string of the molecule is O=C(NCCc1cn2ccsc2n1)C1CSCN1. The van der Waals surface area contributed by atoms with Crippen molar-refractivity contribution >= 4 is 34.0 Å². The largest absolute Gasteiger partial charge is 0.354 e. The molecule has 1 aliphatic heterocycles. The molecule has 1 saturated heterocycles. The Labute approximate surface area is 113 Å². The number of aromatic nitrogens is 2. The van der Waals surface area contributed by atoms with Crippen LogP contribution in [0.2, 0.25) is 0 Å². The first kappa shape index (κ1) is 12.0. The molecule has 2 N–H and O–H groups in total. The Kier molecular flexibility index (Phi) is 3.53. The van der Waals surface area contributed by atoms with E-state index >= 15 is 0 Å². The molecule has 7 heteroatoms. The van der Waals surface area contributed by atoms with E-state index in [4.69, 9.17) is 0 Å². The molecule has 1 aliphatic rings. The first-order valence-electron chi connectivity index (χ1n) is 5.83. The number of nitrogens with one attached hydrogen (secondary N) is 2. The van der Waals surface area contributed by atoms with E-state index in [2.05, 4.69) is 15.6 Å². The van der Waals surface area contributed by atoms with Gasteiger partial charge in [-0.1, -0.05) is 0 Å². The maximum Gasteiger partial charge on any atom is 0.238 e. The molecular weight excluding hydrogens is 268 g/mol. The Morgan fingerprint density at radius 3 is 3.39 bits per heavy atom. The maximum atomic E-state index is 11.7. The Bertz CT molecular complexity index is 515. The number of imidazole rings is 1. The number of thiazole rings is 1. The van der Waals surface area contributed by atoms with E-state index in [-0.39, 0.29) is 11.9 Å². The zero-order valence-corrected chi connectivity index (χ0v) is 11.4. The van der Waals surface area contributed by atoms with Gasteiger partial charge in [-0.25, -0.2) is 4.98 Å². The van der Waals surface area contributed by atoms with Crippen LogP contribution in [0.1, 0.15) is 5.69 Å². The van der Waals surface area contributed by atoms with Gasteiger partial charge in [0.1, 0.15) is 0 Å². The fraction of sp³-hybridized carbons (Fsp3) is 0.455. The van der Waals surface area contributed by atoms with Crippen LogP contribution in [0.4, 0.5) is 0 Å². The molecule has 2 aromatic rings. The molecule has 0 radical (unpaired) electrons. The van der Waals surface area contributed by atoms with Gasteiger partial charge in [-0.2, -0.15) is 0 Å². The number of hydrogen-bond acceptors (Lipinski definition) is 5. The second-order valence-corrected chi connectivity index (χ2v) is 6.04. The van der Waals surface area contributed by atoms with Crippen molar-refractivity contribution < 1.29 is 4.79 Å². The average Bonchev–Trinajstić information content (AvgIpc) is 3.05. The fourth-order valence-corrected chi connectivity index (χ4v) is 3.56. The minimum absolute atomic E-state index is 0.0273. The zero-order chi connectivity index (χ0) is 12.4. The number of carbonyl (C=O) groups excluding carboxylic acids is 1. The van der Waals surface area contributed by atoms with Gasteiger partial charge in [0.2, 0.25) is 5.91 Å². The number of nitrogens with zero attached hydrogens (tertiary/aromatic N) is 2. The summed E-state index contributed by atoms with van der Waals surface area (Å²) in [7, 11) is 0. The van der Waals surface area contributed by atoms with Crippen LogP contribution in [0.25, 0.3) is 4.96 Å². The smallest absolute Gasteiger partial charge is 0.238 e. The molecule has 96 valence electrons. The molecule has 1 fully saturated rings. The predicted octanol–water partition coefficient (Wildman–Crippen LogP) is 0.717. The number of thioether (sulfide) groups is 1. The van der Waals surface area contributed by atoms with Crippen molar-refractivity contribution in [3.8, 4) is 0 Å².